The lowest BCUT2D eigenvalue weighted by atomic mass is 9.69. The van der Waals surface area contributed by atoms with Crippen molar-refractivity contribution in [3.8, 4) is 0 Å². The second-order valence-corrected chi connectivity index (χ2v) is 10.2. The third-order valence-corrected chi connectivity index (χ3v) is 8.29. The van der Waals surface area contributed by atoms with Gasteiger partial charge < -0.3 is 25.5 Å². The predicted molar refractivity (Wildman–Crippen MR) is 153 cm³/mol. The van der Waals surface area contributed by atoms with Crippen molar-refractivity contribution in [2.75, 3.05) is 37.0 Å². The number of rotatable bonds is 10. The van der Waals surface area contributed by atoms with Crippen molar-refractivity contribution in [2.24, 2.45) is 23.7 Å². The SMILES string of the molecule is CC[C@@H]1C=C[C@H]2[C@H](C(=O)N([C@H](CO)c3ccccc3)[C@@H]2C(=O)Nc2ccc(N(CC)CC)cc2)[C@@H]1C(=O)NC. The van der Waals surface area contributed by atoms with E-state index >= 15 is 0 Å². The second-order valence-electron chi connectivity index (χ2n) is 10.2. The number of aliphatic hydroxyl groups excluding tert-OH is 1. The van der Waals surface area contributed by atoms with Gasteiger partial charge in [-0.15, -0.1) is 0 Å². The molecule has 0 radical (unpaired) electrons. The van der Waals surface area contributed by atoms with Crippen LogP contribution in [-0.4, -0.2) is 60.5 Å². The molecule has 208 valence electrons. The van der Waals surface area contributed by atoms with Crippen LogP contribution in [0.5, 0.6) is 0 Å². The van der Waals surface area contributed by atoms with E-state index in [9.17, 15) is 19.5 Å². The Kier molecular flexibility index (Phi) is 9.07. The van der Waals surface area contributed by atoms with Gasteiger partial charge in [0.05, 0.1) is 24.5 Å². The van der Waals surface area contributed by atoms with Gasteiger partial charge in [-0.25, -0.2) is 0 Å². The first-order valence-electron chi connectivity index (χ1n) is 13.9. The molecule has 39 heavy (non-hydrogen) atoms. The van der Waals surface area contributed by atoms with Gasteiger partial charge in [0.2, 0.25) is 17.7 Å². The minimum Gasteiger partial charge on any atom is -0.394 e. The smallest absolute Gasteiger partial charge is 0.247 e. The van der Waals surface area contributed by atoms with Crippen LogP contribution in [0.1, 0.15) is 38.8 Å². The minimum atomic E-state index is -0.886. The maximum Gasteiger partial charge on any atom is 0.247 e. The van der Waals surface area contributed by atoms with Crippen LogP contribution in [0.15, 0.2) is 66.7 Å². The third kappa shape index (κ3) is 5.43. The molecule has 2 aliphatic rings. The van der Waals surface area contributed by atoms with Crippen molar-refractivity contribution in [3.05, 3.63) is 72.3 Å². The van der Waals surface area contributed by atoms with E-state index in [2.05, 4.69) is 29.4 Å². The summed E-state index contributed by atoms with van der Waals surface area (Å²) in [5, 5.41) is 16.2. The van der Waals surface area contributed by atoms with Gasteiger partial charge in [-0.1, -0.05) is 49.4 Å². The first-order chi connectivity index (χ1) is 18.9. The van der Waals surface area contributed by atoms with Crippen LogP contribution in [0, 0.1) is 23.7 Å². The highest BCUT2D eigenvalue weighted by Gasteiger charge is 2.58. The topological polar surface area (TPSA) is 102 Å². The highest BCUT2D eigenvalue weighted by Crippen LogP contribution is 2.47. The van der Waals surface area contributed by atoms with E-state index in [0.717, 1.165) is 24.3 Å². The van der Waals surface area contributed by atoms with Crippen molar-refractivity contribution < 1.29 is 19.5 Å². The molecular formula is C31H40N4O4. The van der Waals surface area contributed by atoms with Crippen LogP contribution < -0.4 is 15.5 Å². The standard InChI is InChI=1S/C31H40N4O4/c1-5-20-13-18-24-27(26(20)29(37)32-4)31(39)35(25(19-36)21-11-9-8-10-12-21)28(24)30(38)33-22-14-16-23(17-15-22)34(6-2)7-3/h8-18,20,24-28,36H,5-7,19H2,1-4H3,(H,32,37)(H,33,38)/t20-,24+,25-,26-,27+,28+/m1/s1. The molecule has 0 aromatic heterocycles. The molecule has 0 unspecified atom stereocenters. The molecule has 8 nitrogen and oxygen atoms in total. The van der Waals surface area contributed by atoms with E-state index in [1.165, 1.54) is 4.90 Å². The molecule has 1 heterocycles. The average molecular weight is 533 g/mol. The molecule has 0 spiro atoms. The van der Waals surface area contributed by atoms with E-state index in [0.29, 0.717) is 12.1 Å². The fourth-order valence-electron chi connectivity index (χ4n) is 6.28. The zero-order valence-electron chi connectivity index (χ0n) is 23.2. The van der Waals surface area contributed by atoms with Crippen LogP contribution in [0.4, 0.5) is 11.4 Å². The Morgan fingerprint density at radius 2 is 1.64 bits per heavy atom. The van der Waals surface area contributed by atoms with Crippen LogP contribution in [0.25, 0.3) is 0 Å². The monoisotopic (exact) mass is 532 g/mol. The Hall–Kier alpha value is -3.65. The first-order valence-corrected chi connectivity index (χ1v) is 13.9. The van der Waals surface area contributed by atoms with Crippen LogP contribution in [0.3, 0.4) is 0 Å². The Balaban J connectivity index is 1.73. The van der Waals surface area contributed by atoms with Crippen molar-refractivity contribution in [3.63, 3.8) is 0 Å². The molecule has 2 aromatic rings. The lowest BCUT2D eigenvalue weighted by Gasteiger charge is -2.34. The molecule has 2 aromatic carbocycles. The second kappa shape index (κ2) is 12.5. The van der Waals surface area contributed by atoms with Crippen LogP contribution >= 0.6 is 0 Å². The minimum absolute atomic E-state index is 0.115. The number of hydrogen-bond donors (Lipinski definition) is 3. The van der Waals surface area contributed by atoms with E-state index in [4.69, 9.17) is 0 Å². The summed E-state index contributed by atoms with van der Waals surface area (Å²) in [6.07, 6.45) is 4.61. The first kappa shape index (κ1) is 28.4. The van der Waals surface area contributed by atoms with Gasteiger partial charge in [0.1, 0.15) is 6.04 Å². The fraction of sp³-hybridized carbons (Fsp3) is 0.452. The Morgan fingerprint density at radius 3 is 2.21 bits per heavy atom. The van der Waals surface area contributed by atoms with Crippen molar-refractivity contribution in [1.29, 1.82) is 0 Å². The number of likely N-dealkylation sites (tertiary alicyclic amines) is 1. The number of nitrogens with zero attached hydrogens (tertiary/aromatic N) is 2. The van der Waals surface area contributed by atoms with Crippen molar-refractivity contribution >= 4 is 29.1 Å². The normalized spacial score (nSPS) is 24.7. The number of hydrogen-bond acceptors (Lipinski definition) is 5. The zero-order valence-corrected chi connectivity index (χ0v) is 23.2. The van der Waals surface area contributed by atoms with Gasteiger partial charge in [0.25, 0.3) is 0 Å². The lowest BCUT2D eigenvalue weighted by Crippen LogP contribution is -2.46. The molecule has 1 aliphatic heterocycles. The number of nitrogens with one attached hydrogen (secondary N) is 2. The molecule has 1 saturated heterocycles. The summed E-state index contributed by atoms with van der Waals surface area (Å²) >= 11 is 0. The van der Waals surface area contributed by atoms with Crippen LogP contribution in [-0.2, 0) is 14.4 Å². The lowest BCUT2D eigenvalue weighted by molar-refractivity contribution is -0.143. The zero-order chi connectivity index (χ0) is 28.1. The highest BCUT2D eigenvalue weighted by molar-refractivity contribution is 6.02. The number of aliphatic hydroxyl groups is 1. The fourth-order valence-corrected chi connectivity index (χ4v) is 6.28. The molecule has 6 atom stereocenters. The maximum atomic E-state index is 14.2. The third-order valence-electron chi connectivity index (χ3n) is 8.29. The van der Waals surface area contributed by atoms with Crippen molar-refractivity contribution in [2.45, 2.75) is 39.3 Å². The molecular weight excluding hydrogens is 492 g/mol. The average Bonchev–Trinajstić information content (AvgIpc) is 3.26. The Morgan fingerprint density at radius 1 is 0.974 bits per heavy atom. The molecule has 3 amide bonds. The summed E-state index contributed by atoms with van der Waals surface area (Å²) in [7, 11) is 1.58. The molecule has 0 bridgehead atoms. The van der Waals surface area contributed by atoms with E-state index in [-0.39, 0.29) is 30.2 Å². The van der Waals surface area contributed by atoms with Crippen molar-refractivity contribution in [1.82, 2.24) is 10.2 Å². The van der Waals surface area contributed by atoms with E-state index in [1.807, 2.05) is 73.7 Å². The summed E-state index contributed by atoms with van der Waals surface area (Å²) in [4.78, 5) is 45.0. The summed E-state index contributed by atoms with van der Waals surface area (Å²) in [5.74, 6) is -2.73. The predicted octanol–water partition coefficient (Wildman–Crippen LogP) is 3.61. The Bertz CT molecular complexity index is 1180. The number of allylic oxidation sites excluding steroid dienone is 1. The number of carbonyl (C=O) groups is 3. The van der Waals surface area contributed by atoms with Gasteiger partial charge in [0.15, 0.2) is 0 Å². The number of anilines is 2. The molecule has 1 aliphatic carbocycles. The maximum absolute atomic E-state index is 14.2. The molecule has 1 fully saturated rings. The Labute approximate surface area is 231 Å². The summed E-state index contributed by atoms with van der Waals surface area (Å²) in [5.41, 5.74) is 2.43. The number of amides is 3. The highest BCUT2D eigenvalue weighted by atomic mass is 16.3. The summed E-state index contributed by atoms with van der Waals surface area (Å²) in [6, 6.07) is 15.3. The van der Waals surface area contributed by atoms with Gasteiger partial charge in [-0.3, -0.25) is 14.4 Å². The van der Waals surface area contributed by atoms with E-state index in [1.54, 1.807) is 7.05 Å². The van der Waals surface area contributed by atoms with Gasteiger partial charge >= 0.3 is 0 Å². The van der Waals surface area contributed by atoms with Gasteiger partial charge in [-0.2, -0.15) is 0 Å². The molecule has 8 heteroatoms. The number of carbonyl (C=O) groups excluding carboxylic acids is 3. The summed E-state index contributed by atoms with van der Waals surface area (Å²) in [6.45, 7) is 7.60. The van der Waals surface area contributed by atoms with Gasteiger partial charge in [0, 0.05) is 37.4 Å². The molecule has 3 N–H and O–H groups in total. The summed E-state index contributed by atoms with van der Waals surface area (Å²) < 4.78 is 0. The van der Waals surface area contributed by atoms with E-state index < -0.39 is 29.8 Å². The quantitative estimate of drug-likeness (QED) is 0.406. The number of benzene rings is 2. The molecule has 0 saturated carbocycles. The van der Waals surface area contributed by atoms with Gasteiger partial charge in [-0.05, 0) is 56.0 Å². The van der Waals surface area contributed by atoms with Crippen LogP contribution in [0.2, 0.25) is 0 Å². The largest absolute Gasteiger partial charge is 0.394 e. The molecule has 4 rings (SSSR count). The number of fused-ring (bicyclic) bond motifs is 1.